The second-order valence-corrected chi connectivity index (χ2v) is 16.2. The minimum Gasteiger partial charge on any atom is -0.310 e. The van der Waals surface area contributed by atoms with Gasteiger partial charge in [-0.3, -0.25) is 4.57 Å². The van der Waals surface area contributed by atoms with Crippen molar-refractivity contribution in [1.82, 2.24) is 19.1 Å². The van der Waals surface area contributed by atoms with E-state index in [1.807, 2.05) is 18.2 Å². The third-order valence-corrected chi connectivity index (χ3v) is 12.5. The van der Waals surface area contributed by atoms with Crippen molar-refractivity contribution in [2.24, 2.45) is 0 Å². The van der Waals surface area contributed by atoms with Crippen molar-refractivity contribution < 1.29 is 0 Å². The average molecular weight is 817 g/mol. The molecule has 0 unspecified atom stereocenters. The SMILES string of the molecule is C=C/C(=C\c1cc2ccccc2n1-c1ccccc1)c1ccc(-c2ccc(-c3cc4c5ccccc5n(-c5nc(-c6ccccc6)c6ccccc6n5)c4c4ccccc34)cc2)cc1. The molecule has 0 aliphatic carbocycles. The van der Waals surface area contributed by atoms with E-state index in [1.54, 1.807) is 0 Å². The first kappa shape index (κ1) is 37.2. The third-order valence-electron chi connectivity index (χ3n) is 12.5. The van der Waals surface area contributed by atoms with Gasteiger partial charge in [0.05, 0.1) is 27.8 Å². The zero-order chi connectivity index (χ0) is 42.6. The molecule has 3 aromatic heterocycles. The first-order valence-corrected chi connectivity index (χ1v) is 21.7. The van der Waals surface area contributed by atoms with Crippen LogP contribution in [0.1, 0.15) is 11.3 Å². The topological polar surface area (TPSA) is 35.6 Å². The van der Waals surface area contributed by atoms with Crippen LogP contribution in [0.5, 0.6) is 0 Å². The maximum Gasteiger partial charge on any atom is 0.235 e. The van der Waals surface area contributed by atoms with E-state index in [4.69, 9.17) is 9.97 Å². The highest BCUT2D eigenvalue weighted by Crippen LogP contribution is 2.42. The smallest absolute Gasteiger partial charge is 0.235 e. The molecule has 0 fully saturated rings. The number of benzene rings is 9. The predicted octanol–water partition coefficient (Wildman–Crippen LogP) is 15.6. The van der Waals surface area contributed by atoms with E-state index in [1.165, 1.54) is 21.9 Å². The minimum absolute atomic E-state index is 0.656. The zero-order valence-corrected chi connectivity index (χ0v) is 34.9. The predicted molar refractivity (Wildman–Crippen MR) is 269 cm³/mol. The molecule has 0 bridgehead atoms. The molecular weight excluding hydrogens is 777 g/mol. The largest absolute Gasteiger partial charge is 0.310 e. The van der Waals surface area contributed by atoms with Crippen molar-refractivity contribution >= 4 is 66.0 Å². The lowest BCUT2D eigenvalue weighted by Crippen LogP contribution is -2.03. The van der Waals surface area contributed by atoms with Crippen LogP contribution in [0, 0.1) is 0 Å². The van der Waals surface area contributed by atoms with Gasteiger partial charge in [-0.2, -0.15) is 0 Å². The summed E-state index contributed by atoms with van der Waals surface area (Å²) in [7, 11) is 0. The standard InChI is InChI=1S/C60H40N4/c1-2-40(37-48-38-46-19-9-15-27-56(46)63(48)47-20-7-4-8-21-47)41-29-31-42(32-30-41)43-33-35-44(36-34-43)53-39-54-50-23-13-16-28-57(50)64(59(54)51-24-11-10-22-49(51)53)60-61-55-26-14-12-25-52(55)58(62-60)45-17-5-3-6-18-45/h2-39H,1H2/b40-37+. The number of hydrogen-bond acceptors (Lipinski definition) is 2. The Morgan fingerprint density at radius 1 is 0.438 bits per heavy atom. The number of nitrogens with zero attached hydrogens (tertiary/aromatic N) is 4. The molecule has 4 heteroatoms. The van der Waals surface area contributed by atoms with Gasteiger partial charge >= 0.3 is 0 Å². The highest BCUT2D eigenvalue weighted by molar-refractivity contribution is 6.22. The maximum atomic E-state index is 5.34. The maximum absolute atomic E-state index is 5.34. The van der Waals surface area contributed by atoms with Crippen LogP contribution in [0.2, 0.25) is 0 Å². The molecule has 4 nitrogen and oxygen atoms in total. The number of fused-ring (bicyclic) bond motifs is 7. The molecule has 0 amide bonds. The normalized spacial score (nSPS) is 11.9. The van der Waals surface area contributed by atoms with Gasteiger partial charge in [0, 0.05) is 43.9 Å². The molecule has 0 atom stereocenters. The first-order chi connectivity index (χ1) is 31.7. The molecule has 12 aromatic rings. The van der Waals surface area contributed by atoms with E-state index in [-0.39, 0.29) is 0 Å². The molecule has 0 spiro atoms. The Labute approximate surface area is 371 Å². The molecule has 0 saturated heterocycles. The highest BCUT2D eigenvalue weighted by atomic mass is 15.2. The monoisotopic (exact) mass is 816 g/mol. The van der Waals surface area contributed by atoms with Gasteiger partial charge in [-0.25, -0.2) is 9.97 Å². The number of rotatable bonds is 8. The van der Waals surface area contributed by atoms with Crippen LogP contribution in [0.4, 0.5) is 0 Å². The molecule has 300 valence electrons. The summed E-state index contributed by atoms with van der Waals surface area (Å²) in [6.45, 7) is 4.22. The first-order valence-electron chi connectivity index (χ1n) is 21.7. The van der Waals surface area contributed by atoms with Crippen LogP contribution < -0.4 is 0 Å². The van der Waals surface area contributed by atoms with Gasteiger partial charge in [-0.15, -0.1) is 0 Å². The van der Waals surface area contributed by atoms with E-state index in [0.29, 0.717) is 5.95 Å². The number of aromatic nitrogens is 4. The quantitative estimate of drug-likeness (QED) is 0.143. The Hall–Kier alpha value is -8.60. The molecule has 9 aromatic carbocycles. The van der Waals surface area contributed by atoms with Gasteiger partial charge in [0.2, 0.25) is 5.95 Å². The average Bonchev–Trinajstić information content (AvgIpc) is 3.91. The number of para-hydroxylation sites is 4. The van der Waals surface area contributed by atoms with Gasteiger partial charge in [0.25, 0.3) is 0 Å². The van der Waals surface area contributed by atoms with Gasteiger partial charge in [0.1, 0.15) is 0 Å². The van der Waals surface area contributed by atoms with E-state index in [0.717, 1.165) is 88.6 Å². The van der Waals surface area contributed by atoms with Crippen LogP contribution in [0.25, 0.3) is 111 Å². The fourth-order valence-corrected chi connectivity index (χ4v) is 9.51. The lowest BCUT2D eigenvalue weighted by atomic mass is 9.93. The summed E-state index contributed by atoms with van der Waals surface area (Å²) in [5.41, 5.74) is 15.3. The van der Waals surface area contributed by atoms with Crippen molar-refractivity contribution in [1.29, 1.82) is 0 Å². The molecular formula is C60H40N4. The van der Waals surface area contributed by atoms with Crippen LogP contribution in [-0.4, -0.2) is 19.1 Å². The van der Waals surface area contributed by atoms with Crippen LogP contribution in [-0.2, 0) is 0 Å². The van der Waals surface area contributed by atoms with Gasteiger partial charge in [-0.1, -0.05) is 189 Å². The van der Waals surface area contributed by atoms with Gasteiger partial charge < -0.3 is 4.57 Å². The summed E-state index contributed by atoms with van der Waals surface area (Å²) in [6.07, 6.45) is 4.19. The molecule has 12 rings (SSSR count). The molecule has 64 heavy (non-hydrogen) atoms. The van der Waals surface area contributed by atoms with Crippen molar-refractivity contribution in [3.63, 3.8) is 0 Å². The highest BCUT2D eigenvalue weighted by Gasteiger charge is 2.21. The van der Waals surface area contributed by atoms with Crippen LogP contribution >= 0.6 is 0 Å². The summed E-state index contributed by atoms with van der Waals surface area (Å²) < 4.78 is 4.58. The molecule has 3 heterocycles. The van der Waals surface area contributed by atoms with Crippen molar-refractivity contribution in [2.45, 2.75) is 0 Å². The summed E-state index contributed by atoms with van der Waals surface area (Å²) in [5.74, 6) is 0.656. The zero-order valence-electron chi connectivity index (χ0n) is 34.9. The van der Waals surface area contributed by atoms with E-state index < -0.39 is 0 Å². The summed E-state index contributed by atoms with van der Waals surface area (Å²) >= 11 is 0. The summed E-state index contributed by atoms with van der Waals surface area (Å²) in [5, 5.41) is 6.88. The minimum atomic E-state index is 0.656. The lowest BCUT2D eigenvalue weighted by Gasteiger charge is -2.14. The Bertz CT molecular complexity index is 3760. The van der Waals surface area contributed by atoms with Crippen molar-refractivity contribution in [3.05, 3.63) is 242 Å². The second-order valence-electron chi connectivity index (χ2n) is 16.2. The molecule has 0 saturated carbocycles. The fourth-order valence-electron chi connectivity index (χ4n) is 9.51. The molecule has 0 aliphatic rings. The van der Waals surface area contributed by atoms with Crippen molar-refractivity contribution in [2.75, 3.05) is 0 Å². The molecule has 0 aliphatic heterocycles. The Morgan fingerprint density at radius 3 is 1.78 bits per heavy atom. The fraction of sp³-hybridized carbons (Fsp3) is 0. The van der Waals surface area contributed by atoms with Crippen molar-refractivity contribution in [3.8, 4) is 45.1 Å². The third kappa shape index (κ3) is 6.23. The second kappa shape index (κ2) is 15.4. The Balaban J connectivity index is 0.929. The Morgan fingerprint density at radius 2 is 1.03 bits per heavy atom. The van der Waals surface area contributed by atoms with E-state index >= 15 is 0 Å². The van der Waals surface area contributed by atoms with Crippen LogP contribution in [0.15, 0.2) is 231 Å². The van der Waals surface area contributed by atoms with E-state index in [2.05, 4.69) is 228 Å². The van der Waals surface area contributed by atoms with E-state index in [9.17, 15) is 0 Å². The summed E-state index contributed by atoms with van der Waals surface area (Å²) in [4.78, 5) is 10.6. The Kier molecular flexibility index (Phi) is 8.94. The lowest BCUT2D eigenvalue weighted by molar-refractivity contribution is 1.02. The van der Waals surface area contributed by atoms with Gasteiger partial charge in [0.15, 0.2) is 0 Å². The van der Waals surface area contributed by atoms with Gasteiger partial charge in [-0.05, 0) is 87.3 Å². The number of hydrogen-bond donors (Lipinski definition) is 0. The summed E-state index contributed by atoms with van der Waals surface area (Å²) in [6, 6.07) is 77.6. The molecule has 0 radical (unpaired) electrons. The number of allylic oxidation sites excluding steroid dienone is 2. The van der Waals surface area contributed by atoms with Crippen LogP contribution in [0.3, 0.4) is 0 Å². The molecule has 0 N–H and O–H groups in total.